The Hall–Kier alpha value is -2.64. The van der Waals surface area contributed by atoms with Gasteiger partial charge in [0.1, 0.15) is 6.04 Å². The van der Waals surface area contributed by atoms with E-state index in [1.54, 1.807) is 18.5 Å². The molecule has 0 bridgehead atoms. The van der Waals surface area contributed by atoms with E-state index in [9.17, 15) is 14.4 Å². The van der Waals surface area contributed by atoms with E-state index in [4.69, 9.17) is 5.11 Å². The molecule has 0 saturated carbocycles. The van der Waals surface area contributed by atoms with Crippen LogP contribution in [-0.4, -0.2) is 56.8 Å². The van der Waals surface area contributed by atoms with E-state index < -0.39 is 23.9 Å². The van der Waals surface area contributed by atoms with E-state index in [0.717, 1.165) is 5.01 Å². The van der Waals surface area contributed by atoms with Gasteiger partial charge in [-0.05, 0) is 13.0 Å². The maximum atomic E-state index is 11.8. The lowest BCUT2D eigenvalue weighted by atomic mass is 10.3. The van der Waals surface area contributed by atoms with Crippen LogP contribution in [0.25, 0.3) is 0 Å². The number of amides is 3. The molecule has 0 radical (unpaired) electrons. The molecule has 0 spiro atoms. The van der Waals surface area contributed by atoms with Crippen molar-refractivity contribution in [3.63, 3.8) is 0 Å². The monoisotopic (exact) mass is 278 g/mol. The van der Waals surface area contributed by atoms with E-state index in [1.165, 1.54) is 30.4 Å². The molecule has 2 rings (SSSR count). The van der Waals surface area contributed by atoms with Gasteiger partial charge in [0.15, 0.2) is 0 Å². The fourth-order valence-electron chi connectivity index (χ4n) is 1.80. The number of aryl methyl sites for hydroxylation is 1. The number of carbonyl (C=O) groups excluding carboxylic acids is 2. The van der Waals surface area contributed by atoms with Crippen molar-refractivity contribution >= 4 is 24.1 Å². The summed E-state index contributed by atoms with van der Waals surface area (Å²) in [6, 6.07) is 0.346. The number of carbonyl (C=O) groups is 3. The van der Waals surface area contributed by atoms with Gasteiger partial charge in [-0.1, -0.05) is 0 Å². The van der Waals surface area contributed by atoms with Gasteiger partial charge in [-0.25, -0.2) is 9.59 Å². The molecule has 8 nitrogen and oxygen atoms in total. The van der Waals surface area contributed by atoms with Crippen LogP contribution in [0.2, 0.25) is 0 Å². The lowest BCUT2D eigenvalue weighted by Gasteiger charge is -2.09. The van der Waals surface area contributed by atoms with E-state index in [-0.39, 0.29) is 5.56 Å². The number of urea groups is 1. The molecule has 1 atom stereocenters. The summed E-state index contributed by atoms with van der Waals surface area (Å²) < 4.78 is 1.55. The summed E-state index contributed by atoms with van der Waals surface area (Å²) in [6.07, 6.45) is 2.71. The van der Waals surface area contributed by atoms with Gasteiger partial charge in [-0.3, -0.25) is 4.79 Å². The highest BCUT2D eigenvalue weighted by molar-refractivity contribution is 6.04. The number of aromatic carboxylic acids is 1. The second-order valence-electron chi connectivity index (χ2n) is 4.53. The highest BCUT2D eigenvalue weighted by Gasteiger charge is 2.40. The van der Waals surface area contributed by atoms with Gasteiger partial charge in [0.2, 0.25) is 0 Å². The molecule has 0 aliphatic carbocycles. The van der Waals surface area contributed by atoms with Crippen LogP contribution >= 0.6 is 0 Å². The van der Waals surface area contributed by atoms with Gasteiger partial charge in [0.05, 0.1) is 17.5 Å². The van der Waals surface area contributed by atoms with Crippen molar-refractivity contribution in [3.05, 3.63) is 23.5 Å². The van der Waals surface area contributed by atoms with E-state index >= 15 is 0 Å². The molecule has 1 aliphatic rings. The van der Waals surface area contributed by atoms with Crippen LogP contribution in [0.1, 0.15) is 23.0 Å². The molecule has 20 heavy (non-hydrogen) atoms. The Bertz CT molecular complexity index is 599. The molecule has 1 saturated heterocycles. The molecule has 1 unspecified atom stereocenters. The summed E-state index contributed by atoms with van der Waals surface area (Å²) in [6.45, 7) is 1.61. The first-order valence-electron chi connectivity index (χ1n) is 5.87. The average molecular weight is 278 g/mol. The van der Waals surface area contributed by atoms with Crippen LogP contribution in [0, 0.1) is 0 Å². The quantitative estimate of drug-likeness (QED) is 0.637. The number of hydrazone groups is 1. The fraction of sp³-hybridized carbons (Fsp3) is 0.333. The van der Waals surface area contributed by atoms with Crippen LogP contribution in [0.5, 0.6) is 0 Å². The standard InChI is InChI=1S/C12H14N4O4/c1-7-10(17)16(12(20)15(7)3)13-5-9-4-8(11(18)19)6-14(9)2/h4-7H,1-3H3,(H,18,19)/b13-5+. The van der Waals surface area contributed by atoms with E-state index in [1.807, 2.05) is 0 Å². The zero-order valence-electron chi connectivity index (χ0n) is 11.3. The number of carboxylic acids is 1. The molecule has 2 heterocycles. The van der Waals surface area contributed by atoms with Crippen molar-refractivity contribution in [2.45, 2.75) is 13.0 Å². The smallest absolute Gasteiger partial charge is 0.348 e. The highest BCUT2D eigenvalue weighted by Crippen LogP contribution is 2.15. The molecule has 0 aromatic carbocycles. The number of nitrogens with zero attached hydrogens (tertiary/aromatic N) is 4. The predicted octanol–water partition coefficient (Wildman–Crippen LogP) is 0.340. The van der Waals surface area contributed by atoms with Crippen molar-refractivity contribution < 1.29 is 19.5 Å². The SMILES string of the molecule is CC1C(=O)N(/N=C/c2cc(C(=O)O)cn2C)C(=O)N1C. The summed E-state index contributed by atoms with van der Waals surface area (Å²) in [5.41, 5.74) is 0.587. The Labute approximate surface area is 114 Å². The van der Waals surface area contributed by atoms with Crippen molar-refractivity contribution in [2.24, 2.45) is 12.1 Å². The van der Waals surface area contributed by atoms with E-state index in [0.29, 0.717) is 5.69 Å². The zero-order valence-corrected chi connectivity index (χ0v) is 11.3. The topological polar surface area (TPSA) is 95.2 Å². The number of likely N-dealkylation sites (N-methyl/N-ethyl adjacent to an activating group) is 1. The number of imide groups is 1. The lowest BCUT2D eigenvalue weighted by Crippen LogP contribution is -2.28. The second kappa shape index (κ2) is 4.80. The van der Waals surface area contributed by atoms with Gasteiger partial charge in [-0.15, -0.1) is 5.01 Å². The van der Waals surface area contributed by atoms with Gasteiger partial charge >= 0.3 is 12.0 Å². The van der Waals surface area contributed by atoms with Crippen LogP contribution < -0.4 is 0 Å². The van der Waals surface area contributed by atoms with Gasteiger partial charge in [0.25, 0.3) is 5.91 Å². The van der Waals surface area contributed by atoms with Crippen molar-refractivity contribution in [3.8, 4) is 0 Å². The molecule has 1 aromatic rings. The minimum atomic E-state index is -1.05. The van der Waals surface area contributed by atoms with Crippen molar-refractivity contribution in [1.82, 2.24) is 14.5 Å². The maximum absolute atomic E-state index is 11.8. The Kier molecular flexibility index (Phi) is 3.31. The van der Waals surface area contributed by atoms with Crippen LogP contribution in [0.15, 0.2) is 17.4 Å². The van der Waals surface area contributed by atoms with Crippen LogP contribution in [0.4, 0.5) is 4.79 Å². The number of carboxylic acid groups (broad SMARTS) is 1. The normalized spacial score (nSPS) is 19.4. The molecular formula is C12H14N4O4. The largest absolute Gasteiger partial charge is 0.478 e. The summed E-state index contributed by atoms with van der Waals surface area (Å²) in [4.78, 5) is 35.7. The first-order valence-corrected chi connectivity index (χ1v) is 5.87. The van der Waals surface area contributed by atoms with Gasteiger partial charge < -0.3 is 14.6 Å². The summed E-state index contributed by atoms with van der Waals surface area (Å²) >= 11 is 0. The fourth-order valence-corrected chi connectivity index (χ4v) is 1.80. The second-order valence-corrected chi connectivity index (χ2v) is 4.53. The number of hydrogen-bond donors (Lipinski definition) is 1. The molecule has 3 amide bonds. The van der Waals surface area contributed by atoms with E-state index in [2.05, 4.69) is 5.10 Å². The molecule has 1 aliphatic heterocycles. The summed E-state index contributed by atoms with van der Waals surface area (Å²) in [5, 5.41) is 13.5. The molecule has 1 aromatic heterocycles. The molecular weight excluding hydrogens is 264 g/mol. The third kappa shape index (κ3) is 2.15. The third-order valence-electron chi connectivity index (χ3n) is 3.23. The molecule has 106 valence electrons. The molecule has 1 fully saturated rings. The highest BCUT2D eigenvalue weighted by atomic mass is 16.4. The third-order valence-corrected chi connectivity index (χ3v) is 3.23. The summed E-state index contributed by atoms with van der Waals surface area (Å²) in [5.74, 6) is -1.47. The van der Waals surface area contributed by atoms with Crippen LogP contribution in [-0.2, 0) is 11.8 Å². The Morgan fingerprint density at radius 1 is 1.40 bits per heavy atom. The summed E-state index contributed by atoms with van der Waals surface area (Å²) in [7, 11) is 3.17. The maximum Gasteiger partial charge on any atom is 0.348 e. The number of rotatable bonds is 3. The van der Waals surface area contributed by atoms with Gasteiger partial charge in [-0.2, -0.15) is 5.10 Å². The first-order chi connectivity index (χ1) is 9.32. The molecule has 8 heteroatoms. The predicted molar refractivity (Wildman–Crippen MR) is 69.4 cm³/mol. The van der Waals surface area contributed by atoms with Crippen LogP contribution in [0.3, 0.4) is 0 Å². The average Bonchev–Trinajstić information content (AvgIpc) is 2.85. The Balaban J connectivity index is 2.24. The minimum absolute atomic E-state index is 0.110. The minimum Gasteiger partial charge on any atom is -0.478 e. The lowest BCUT2D eigenvalue weighted by molar-refractivity contribution is -0.127. The first kappa shape index (κ1) is 13.8. The van der Waals surface area contributed by atoms with Crippen molar-refractivity contribution in [2.75, 3.05) is 7.05 Å². The molecule has 1 N–H and O–H groups in total. The van der Waals surface area contributed by atoms with Gasteiger partial charge in [0, 0.05) is 20.3 Å². The number of hydrogen-bond acceptors (Lipinski definition) is 4. The zero-order chi connectivity index (χ0) is 15.0. The van der Waals surface area contributed by atoms with Crippen molar-refractivity contribution in [1.29, 1.82) is 0 Å². The Morgan fingerprint density at radius 3 is 2.50 bits per heavy atom. The Morgan fingerprint density at radius 2 is 2.05 bits per heavy atom. The number of aromatic nitrogens is 1.